The maximum atomic E-state index is 11.6. The second-order valence-corrected chi connectivity index (χ2v) is 8.57. The monoisotopic (exact) mass is 563 g/mol. The van der Waals surface area contributed by atoms with Crippen LogP contribution >= 0.6 is 35.6 Å². The molecule has 0 saturated carbocycles. The summed E-state index contributed by atoms with van der Waals surface area (Å²) in [6.45, 7) is 4.52. The molecule has 0 unspecified atom stereocenters. The lowest BCUT2D eigenvalue weighted by Gasteiger charge is -2.39. The first-order valence-corrected chi connectivity index (χ1v) is 11.2. The molecule has 174 valence electrons. The Balaban J connectivity index is 0.00000341. The lowest BCUT2D eigenvalue weighted by molar-refractivity contribution is -0.122. The summed E-state index contributed by atoms with van der Waals surface area (Å²) in [4.78, 5) is 18.2. The summed E-state index contributed by atoms with van der Waals surface area (Å²) in [7, 11) is 3.49. The van der Waals surface area contributed by atoms with Gasteiger partial charge in [-0.3, -0.25) is 14.7 Å². The molecular formula is C22H35ClIN5O2. The minimum absolute atomic E-state index is 0. The van der Waals surface area contributed by atoms with Crippen LogP contribution in [0.3, 0.4) is 0 Å². The number of guanidine groups is 1. The van der Waals surface area contributed by atoms with Crippen molar-refractivity contribution in [3.05, 3.63) is 34.9 Å². The third-order valence-electron chi connectivity index (χ3n) is 6.29. The Hall–Kier alpha value is -1.10. The molecule has 0 aromatic heterocycles. The maximum Gasteiger partial charge on any atom is 0.233 e. The van der Waals surface area contributed by atoms with Crippen molar-refractivity contribution in [3.8, 4) is 0 Å². The zero-order valence-electron chi connectivity index (χ0n) is 18.5. The fraction of sp³-hybridized carbons (Fsp3) is 0.636. The number of nitrogens with zero attached hydrogens (tertiary/aromatic N) is 2. The molecule has 1 amide bonds. The zero-order valence-corrected chi connectivity index (χ0v) is 21.5. The first-order valence-electron chi connectivity index (χ1n) is 10.8. The lowest BCUT2D eigenvalue weighted by atomic mass is 9.74. The van der Waals surface area contributed by atoms with Gasteiger partial charge in [0.15, 0.2) is 5.96 Å². The van der Waals surface area contributed by atoms with Gasteiger partial charge in [0.05, 0.1) is 6.54 Å². The number of hydrogen-bond donors (Lipinski definition) is 3. The summed E-state index contributed by atoms with van der Waals surface area (Å²) in [6, 6.07) is 8.48. The number of benzene rings is 1. The van der Waals surface area contributed by atoms with E-state index in [1.807, 2.05) is 19.2 Å². The summed E-state index contributed by atoms with van der Waals surface area (Å²) in [5, 5.41) is 10.6. The number of ether oxygens (including phenoxy) is 1. The highest BCUT2D eigenvalue weighted by Crippen LogP contribution is 2.38. The Morgan fingerprint density at radius 3 is 2.55 bits per heavy atom. The number of carbonyl (C=O) groups excluding carboxylic acids is 1. The molecule has 0 spiro atoms. The van der Waals surface area contributed by atoms with E-state index in [1.165, 1.54) is 5.56 Å². The van der Waals surface area contributed by atoms with E-state index >= 15 is 0 Å². The van der Waals surface area contributed by atoms with Crippen LogP contribution in [0.2, 0.25) is 5.02 Å². The third kappa shape index (κ3) is 7.20. The van der Waals surface area contributed by atoms with E-state index in [0.717, 1.165) is 69.5 Å². The maximum absolute atomic E-state index is 11.6. The summed E-state index contributed by atoms with van der Waals surface area (Å²) in [5.41, 5.74) is 1.12. The summed E-state index contributed by atoms with van der Waals surface area (Å²) in [6.07, 6.45) is 3.83. The minimum atomic E-state index is -0.0644. The van der Waals surface area contributed by atoms with Gasteiger partial charge in [0.1, 0.15) is 0 Å². The Morgan fingerprint density at radius 1 is 1.26 bits per heavy atom. The van der Waals surface area contributed by atoms with Gasteiger partial charge in [-0.05, 0) is 37.3 Å². The fourth-order valence-electron chi connectivity index (χ4n) is 4.35. The molecule has 9 heteroatoms. The van der Waals surface area contributed by atoms with Crippen LogP contribution < -0.4 is 16.0 Å². The number of halogens is 2. The number of likely N-dealkylation sites (tertiary alicyclic amines) is 1. The molecule has 1 aromatic carbocycles. The van der Waals surface area contributed by atoms with E-state index in [0.29, 0.717) is 12.6 Å². The van der Waals surface area contributed by atoms with E-state index in [9.17, 15) is 4.79 Å². The second-order valence-electron chi connectivity index (χ2n) is 8.17. The van der Waals surface area contributed by atoms with Crippen LogP contribution in [0.25, 0.3) is 0 Å². The highest BCUT2D eigenvalue weighted by Gasteiger charge is 2.36. The zero-order chi connectivity index (χ0) is 21.4. The van der Waals surface area contributed by atoms with Crippen molar-refractivity contribution in [1.82, 2.24) is 20.9 Å². The molecular weight excluding hydrogens is 529 g/mol. The van der Waals surface area contributed by atoms with E-state index < -0.39 is 0 Å². The van der Waals surface area contributed by atoms with Gasteiger partial charge in [0.2, 0.25) is 5.91 Å². The number of rotatable bonds is 6. The Kier molecular flexibility index (Phi) is 10.8. The Bertz CT molecular complexity index is 734. The summed E-state index contributed by atoms with van der Waals surface area (Å²) < 4.78 is 5.64. The molecule has 1 aromatic rings. The molecule has 3 rings (SSSR count). The largest absolute Gasteiger partial charge is 0.381 e. The average molecular weight is 564 g/mol. The Labute approximate surface area is 207 Å². The van der Waals surface area contributed by atoms with E-state index in [-0.39, 0.29) is 35.3 Å². The van der Waals surface area contributed by atoms with Gasteiger partial charge in [0.25, 0.3) is 0 Å². The van der Waals surface area contributed by atoms with Crippen molar-refractivity contribution in [2.75, 3.05) is 53.5 Å². The van der Waals surface area contributed by atoms with E-state index in [1.54, 1.807) is 7.05 Å². The first kappa shape index (κ1) is 26.2. The van der Waals surface area contributed by atoms with Gasteiger partial charge in [-0.15, -0.1) is 24.0 Å². The fourth-order valence-corrected chi connectivity index (χ4v) is 4.69. The third-order valence-corrected chi connectivity index (χ3v) is 6.62. The standard InChI is InChI=1S/C22H34ClN5O2.HI/c1-24-20(29)15-28-11-7-17(8-12-28)27-21(25-2)26-16-22(9-13-30-14-10-22)18-5-3-4-6-19(18)23;/h3-6,17H,7-16H2,1-2H3,(H,24,29)(H2,25,26,27);1H. The topological polar surface area (TPSA) is 78.0 Å². The van der Waals surface area contributed by atoms with Gasteiger partial charge >= 0.3 is 0 Å². The molecule has 0 aliphatic carbocycles. The molecule has 31 heavy (non-hydrogen) atoms. The smallest absolute Gasteiger partial charge is 0.233 e. The number of amides is 1. The van der Waals surface area contributed by atoms with Crippen LogP contribution in [0.5, 0.6) is 0 Å². The van der Waals surface area contributed by atoms with Crippen LogP contribution in [0.1, 0.15) is 31.2 Å². The number of piperidine rings is 1. The SMILES string of the molecule is CN=C(NCC1(c2ccccc2Cl)CCOCC1)NC1CCN(CC(=O)NC)CC1.I. The highest BCUT2D eigenvalue weighted by atomic mass is 127. The van der Waals surface area contributed by atoms with Crippen LogP contribution in [-0.4, -0.2) is 76.3 Å². The molecule has 0 atom stereocenters. The highest BCUT2D eigenvalue weighted by molar-refractivity contribution is 14.0. The molecule has 0 bridgehead atoms. The predicted molar refractivity (Wildman–Crippen MR) is 137 cm³/mol. The van der Waals surface area contributed by atoms with Gasteiger partial charge in [-0.2, -0.15) is 0 Å². The normalized spacial score (nSPS) is 19.9. The van der Waals surface area contributed by atoms with Crippen LogP contribution in [-0.2, 0) is 14.9 Å². The molecule has 2 saturated heterocycles. The van der Waals surface area contributed by atoms with Gasteiger partial charge in [0, 0.05) is 63.4 Å². The van der Waals surface area contributed by atoms with Crippen molar-refractivity contribution in [3.63, 3.8) is 0 Å². The van der Waals surface area contributed by atoms with Crippen molar-refractivity contribution in [2.24, 2.45) is 4.99 Å². The van der Waals surface area contributed by atoms with Crippen molar-refractivity contribution in [1.29, 1.82) is 0 Å². The van der Waals surface area contributed by atoms with Crippen molar-refractivity contribution >= 4 is 47.4 Å². The number of likely N-dealkylation sites (N-methyl/N-ethyl adjacent to an activating group) is 1. The number of nitrogens with one attached hydrogen (secondary N) is 3. The number of carbonyl (C=O) groups is 1. The quantitative estimate of drug-likeness (QED) is 0.282. The number of aliphatic imine (C=N–C) groups is 1. The van der Waals surface area contributed by atoms with Crippen LogP contribution in [0.4, 0.5) is 0 Å². The molecule has 0 radical (unpaired) electrons. The van der Waals surface area contributed by atoms with Crippen molar-refractivity contribution < 1.29 is 9.53 Å². The van der Waals surface area contributed by atoms with Crippen LogP contribution in [0.15, 0.2) is 29.3 Å². The average Bonchev–Trinajstić information content (AvgIpc) is 2.78. The molecule has 3 N–H and O–H groups in total. The molecule has 2 heterocycles. The number of hydrogen-bond acceptors (Lipinski definition) is 4. The molecule has 2 aliphatic heterocycles. The van der Waals surface area contributed by atoms with Gasteiger partial charge in [-0.1, -0.05) is 29.8 Å². The minimum Gasteiger partial charge on any atom is -0.381 e. The molecule has 2 aliphatic rings. The molecule has 7 nitrogen and oxygen atoms in total. The summed E-state index contributed by atoms with van der Waals surface area (Å²) in [5.74, 6) is 0.887. The summed E-state index contributed by atoms with van der Waals surface area (Å²) >= 11 is 6.56. The van der Waals surface area contributed by atoms with Crippen molar-refractivity contribution in [2.45, 2.75) is 37.1 Å². The second kappa shape index (κ2) is 12.8. The first-order chi connectivity index (χ1) is 14.6. The van der Waals surface area contributed by atoms with E-state index in [4.69, 9.17) is 16.3 Å². The van der Waals surface area contributed by atoms with Crippen LogP contribution in [0, 0.1) is 0 Å². The Morgan fingerprint density at radius 2 is 1.94 bits per heavy atom. The van der Waals surface area contributed by atoms with Gasteiger partial charge in [-0.25, -0.2) is 0 Å². The lowest BCUT2D eigenvalue weighted by Crippen LogP contribution is -2.52. The molecule has 2 fully saturated rings. The van der Waals surface area contributed by atoms with E-state index in [2.05, 4.69) is 38.0 Å². The predicted octanol–water partition coefficient (Wildman–Crippen LogP) is 2.38. The van der Waals surface area contributed by atoms with Gasteiger partial charge < -0.3 is 20.7 Å².